The molecule has 0 saturated heterocycles. The molecule has 0 bridgehead atoms. The first-order chi connectivity index (χ1) is 9.06. The number of rotatable bonds is 5. The molecule has 0 fully saturated rings. The molecular formula is C17H21BrO. The fraction of sp³-hybridized carbons (Fsp3) is 0.412. The molecule has 102 valence electrons. The Morgan fingerprint density at radius 1 is 1.00 bits per heavy atom. The highest BCUT2D eigenvalue weighted by molar-refractivity contribution is 9.10. The van der Waals surface area contributed by atoms with Gasteiger partial charge in [-0.05, 0) is 46.9 Å². The molecule has 0 aromatic heterocycles. The van der Waals surface area contributed by atoms with Gasteiger partial charge in [-0.15, -0.1) is 0 Å². The average molecular weight is 321 g/mol. The minimum atomic E-state index is -0.341. The van der Waals surface area contributed by atoms with E-state index in [4.69, 9.17) is 0 Å². The molecule has 2 rings (SSSR count). The Bertz CT molecular complexity index is 548. The fourth-order valence-electron chi connectivity index (χ4n) is 2.33. The lowest BCUT2D eigenvalue weighted by atomic mass is 9.98. The van der Waals surface area contributed by atoms with E-state index in [-0.39, 0.29) is 6.10 Å². The standard InChI is InChI=1S/C17H21BrO/c1-12(2)4-3-5-17(19)15-7-6-14-11-16(18)9-8-13(14)10-15/h6-12,17,19H,3-5H2,1-2H3. The molecular weight excluding hydrogens is 300 g/mol. The van der Waals surface area contributed by atoms with Gasteiger partial charge in [-0.2, -0.15) is 0 Å². The second-order valence-corrected chi connectivity index (χ2v) is 6.51. The van der Waals surface area contributed by atoms with Crippen LogP contribution in [0.2, 0.25) is 0 Å². The lowest BCUT2D eigenvalue weighted by Gasteiger charge is -2.13. The lowest BCUT2D eigenvalue weighted by Crippen LogP contribution is -1.98. The maximum atomic E-state index is 10.2. The van der Waals surface area contributed by atoms with Crippen molar-refractivity contribution in [2.24, 2.45) is 5.92 Å². The summed E-state index contributed by atoms with van der Waals surface area (Å²) in [5.74, 6) is 0.709. The predicted octanol–water partition coefficient (Wildman–Crippen LogP) is 5.46. The van der Waals surface area contributed by atoms with Crippen LogP contribution in [-0.4, -0.2) is 5.11 Å². The molecule has 0 radical (unpaired) electrons. The van der Waals surface area contributed by atoms with Crippen molar-refractivity contribution in [3.63, 3.8) is 0 Å². The van der Waals surface area contributed by atoms with Crippen LogP contribution in [0.25, 0.3) is 10.8 Å². The maximum Gasteiger partial charge on any atom is 0.0790 e. The van der Waals surface area contributed by atoms with Crippen LogP contribution in [0.5, 0.6) is 0 Å². The highest BCUT2D eigenvalue weighted by Crippen LogP contribution is 2.26. The summed E-state index contributed by atoms with van der Waals surface area (Å²) in [4.78, 5) is 0. The fourth-order valence-corrected chi connectivity index (χ4v) is 2.71. The molecule has 2 aromatic rings. The molecule has 0 amide bonds. The average Bonchev–Trinajstić information content (AvgIpc) is 2.37. The van der Waals surface area contributed by atoms with Crippen molar-refractivity contribution in [2.75, 3.05) is 0 Å². The van der Waals surface area contributed by atoms with Gasteiger partial charge in [0.05, 0.1) is 6.10 Å². The smallest absolute Gasteiger partial charge is 0.0790 e. The summed E-state index contributed by atoms with van der Waals surface area (Å²) in [7, 11) is 0. The van der Waals surface area contributed by atoms with E-state index in [1.54, 1.807) is 0 Å². The third-order valence-electron chi connectivity index (χ3n) is 3.47. The van der Waals surface area contributed by atoms with E-state index in [1.807, 2.05) is 12.1 Å². The Labute approximate surface area is 123 Å². The lowest BCUT2D eigenvalue weighted by molar-refractivity contribution is 0.162. The van der Waals surface area contributed by atoms with Crippen molar-refractivity contribution in [2.45, 2.75) is 39.2 Å². The van der Waals surface area contributed by atoms with Gasteiger partial charge in [0.1, 0.15) is 0 Å². The Morgan fingerprint density at radius 2 is 1.68 bits per heavy atom. The largest absolute Gasteiger partial charge is 0.388 e. The van der Waals surface area contributed by atoms with Gasteiger partial charge in [0.25, 0.3) is 0 Å². The highest BCUT2D eigenvalue weighted by atomic mass is 79.9. The molecule has 0 heterocycles. The van der Waals surface area contributed by atoms with Gasteiger partial charge in [0, 0.05) is 4.47 Å². The van der Waals surface area contributed by atoms with Crippen molar-refractivity contribution in [3.8, 4) is 0 Å². The third-order valence-corrected chi connectivity index (χ3v) is 3.96. The Morgan fingerprint density at radius 3 is 2.42 bits per heavy atom. The molecule has 19 heavy (non-hydrogen) atoms. The summed E-state index contributed by atoms with van der Waals surface area (Å²) in [5.41, 5.74) is 1.03. The first-order valence-corrected chi connectivity index (χ1v) is 7.73. The van der Waals surface area contributed by atoms with Crippen molar-refractivity contribution in [1.29, 1.82) is 0 Å². The van der Waals surface area contributed by atoms with E-state index >= 15 is 0 Å². The minimum Gasteiger partial charge on any atom is -0.388 e. The van der Waals surface area contributed by atoms with E-state index in [1.165, 1.54) is 17.2 Å². The number of aliphatic hydroxyl groups is 1. The highest BCUT2D eigenvalue weighted by Gasteiger charge is 2.08. The van der Waals surface area contributed by atoms with Crippen molar-refractivity contribution < 1.29 is 5.11 Å². The van der Waals surface area contributed by atoms with Crippen molar-refractivity contribution in [1.82, 2.24) is 0 Å². The van der Waals surface area contributed by atoms with Gasteiger partial charge in [-0.25, -0.2) is 0 Å². The minimum absolute atomic E-state index is 0.341. The van der Waals surface area contributed by atoms with E-state index in [0.29, 0.717) is 5.92 Å². The van der Waals surface area contributed by atoms with Crippen LogP contribution in [0.1, 0.15) is 44.8 Å². The second kappa shape index (κ2) is 6.53. The van der Waals surface area contributed by atoms with Crippen LogP contribution in [0.4, 0.5) is 0 Å². The van der Waals surface area contributed by atoms with Gasteiger partial charge in [0.15, 0.2) is 0 Å². The van der Waals surface area contributed by atoms with Crippen LogP contribution >= 0.6 is 15.9 Å². The zero-order valence-electron chi connectivity index (χ0n) is 11.6. The number of benzene rings is 2. The Hall–Kier alpha value is -0.860. The van der Waals surface area contributed by atoms with E-state index in [2.05, 4.69) is 54.0 Å². The second-order valence-electron chi connectivity index (χ2n) is 5.59. The summed E-state index contributed by atoms with van der Waals surface area (Å²) in [5, 5.41) is 12.6. The number of aliphatic hydroxyl groups excluding tert-OH is 1. The predicted molar refractivity (Wildman–Crippen MR) is 85.3 cm³/mol. The molecule has 1 atom stereocenters. The maximum absolute atomic E-state index is 10.2. The van der Waals surface area contributed by atoms with Crippen LogP contribution < -0.4 is 0 Å². The van der Waals surface area contributed by atoms with Gasteiger partial charge in [-0.1, -0.05) is 60.8 Å². The van der Waals surface area contributed by atoms with Crippen molar-refractivity contribution in [3.05, 3.63) is 46.4 Å². The summed E-state index contributed by atoms with van der Waals surface area (Å²) in [6.45, 7) is 4.44. The first-order valence-electron chi connectivity index (χ1n) is 6.93. The molecule has 0 saturated carbocycles. The van der Waals surface area contributed by atoms with Crippen molar-refractivity contribution >= 4 is 26.7 Å². The number of hydrogen-bond donors (Lipinski definition) is 1. The van der Waals surface area contributed by atoms with E-state index in [0.717, 1.165) is 22.9 Å². The summed E-state index contributed by atoms with van der Waals surface area (Å²) >= 11 is 3.48. The molecule has 1 nitrogen and oxygen atoms in total. The van der Waals surface area contributed by atoms with Gasteiger partial charge in [-0.3, -0.25) is 0 Å². The molecule has 1 unspecified atom stereocenters. The number of halogens is 1. The molecule has 0 spiro atoms. The van der Waals surface area contributed by atoms with Gasteiger partial charge < -0.3 is 5.11 Å². The molecule has 2 aromatic carbocycles. The summed E-state index contributed by atoms with van der Waals surface area (Å²) in [6.07, 6.45) is 2.77. The number of hydrogen-bond acceptors (Lipinski definition) is 1. The van der Waals surface area contributed by atoms with E-state index in [9.17, 15) is 5.11 Å². The van der Waals surface area contributed by atoms with Crippen LogP contribution in [0.3, 0.4) is 0 Å². The van der Waals surface area contributed by atoms with Crippen LogP contribution in [-0.2, 0) is 0 Å². The summed E-state index contributed by atoms with van der Waals surface area (Å²) < 4.78 is 1.09. The quantitative estimate of drug-likeness (QED) is 0.775. The van der Waals surface area contributed by atoms with E-state index < -0.39 is 0 Å². The molecule has 1 N–H and O–H groups in total. The zero-order valence-corrected chi connectivity index (χ0v) is 13.2. The molecule has 2 heteroatoms. The Balaban J connectivity index is 2.09. The SMILES string of the molecule is CC(C)CCCC(O)c1ccc2cc(Br)ccc2c1. The van der Waals surface area contributed by atoms with Gasteiger partial charge in [0.2, 0.25) is 0 Å². The van der Waals surface area contributed by atoms with Gasteiger partial charge >= 0.3 is 0 Å². The normalized spacial score (nSPS) is 13.1. The molecule has 0 aliphatic carbocycles. The van der Waals surface area contributed by atoms with Crippen LogP contribution in [0, 0.1) is 5.92 Å². The monoisotopic (exact) mass is 320 g/mol. The Kier molecular flexibility index (Phi) is 5.00. The zero-order chi connectivity index (χ0) is 13.8. The van der Waals surface area contributed by atoms with Crippen LogP contribution in [0.15, 0.2) is 40.9 Å². The molecule has 0 aliphatic heterocycles. The summed E-state index contributed by atoms with van der Waals surface area (Å²) in [6, 6.07) is 12.4. The topological polar surface area (TPSA) is 20.2 Å². The first kappa shape index (κ1) is 14.5. The molecule has 0 aliphatic rings. The number of fused-ring (bicyclic) bond motifs is 1. The third kappa shape index (κ3) is 4.05.